The second-order valence-electron chi connectivity index (χ2n) is 3.09. The fourth-order valence-electron chi connectivity index (χ4n) is 1.46. The van der Waals surface area contributed by atoms with Gasteiger partial charge in [-0.2, -0.15) is 0 Å². The molecule has 1 atom stereocenters. The van der Waals surface area contributed by atoms with E-state index < -0.39 is 0 Å². The van der Waals surface area contributed by atoms with Gasteiger partial charge in [0.25, 0.3) is 0 Å². The predicted molar refractivity (Wildman–Crippen MR) is 53.5 cm³/mol. The van der Waals surface area contributed by atoms with Gasteiger partial charge in [0, 0.05) is 25.3 Å². The number of hydrogen-bond acceptors (Lipinski definition) is 3. The Hall–Kier alpha value is -0.510. The first-order chi connectivity index (χ1) is 6.19. The first kappa shape index (κ1) is 10.6. The summed E-state index contributed by atoms with van der Waals surface area (Å²) in [5, 5.41) is 0.158. The fraction of sp³-hybridized carbons (Fsp3) is 0.778. The second kappa shape index (κ2) is 4.65. The molecule has 1 heterocycles. The highest BCUT2D eigenvalue weighted by atomic mass is 32.2. The van der Waals surface area contributed by atoms with Crippen LogP contribution in [0.3, 0.4) is 0 Å². The highest BCUT2D eigenvalue weighted by molar-refractivity contribution is 8.14. The zero-order valence-electron chi connectivity index (χ0n) is 8.08. The average Bonchev–Trinajstić information content (AvgIpc) is 2.54. The Kier molecular flexibility index (Phi) is 3.78. The molecule has 0 saturated carbocycles. The van der Waals surface area contributed by atoms with Crippen molar-refractivity contribution in [3.05, 3.63) is 0 Å². The van der Waals surface area contributed by atoms with Crippen LogP contribution in [0.4, 0.5) is 0 Å². The first-order valence-corrected chi connectivity index (χ1v) is 5.62. The topological polar surface area (TPSA) is 37.4 Å². The van der Waals surface area contributed by atoms with Gasteiger partial charge in [0.1, 0.15) is 0 Å². The molecule has 3 nitrogen and oxygen atoms in total. The smallest absolute Gasteiger partial charge is 0.226 e. The third-order valence-corrected chi connectivity index (χ3v) is 3.34. The van der Waals surface area contributed by atoms with Gasteiger partial charge < -0.3 is 4.90 Å². The largest absolute Gasteiger partial charge is 0.343 e. The summed E-state index contributed by atoms with van der Waals surface area (Å²) in [4.78, 5) is 24.5. The van der Waals surface area contributed by atoms with Crippen molar-refractivity contribution in [2.45, 2.75) is 20.3 Å². The third kappa shape index (κ3) is 2.46. The van der Waals surface area contributed by atoms with Crippen LogP contribution < -0.4 is 0 Å². The van der Waals surface area contributed by atoms with Gasteiger partial charge in [0.15, 0.2) is 5.12 Å². The molecule has 1 aliphatic rings. The molecule has 0 aliphatic carbocycles. The summed E-state index contributed by atoms with van der Waals surface area (Å²) < 4.78 is 0. The number of thioether (sulfide) groups is 1. The van der Waals surface area contributed by atoms with Crippen molar-refractivity contribution in [3.8, 4) is 0 Å². The van der Waals surface area contributed by atoms with Crippen LogP contribution in [0.1, 0.15) is 20.3 Å². The summed E-state index contributed by atoms with van der Waals surface area (Å²) in [5.74, 6) is 0.759. The zero-order chi connectivity index (χ0) is 9.84. The summed E-state index contributed by atoms with van der Waals surface area (Å²) in [6, 6.07) is 0. The summed E-state index contributed by atoms with van der Waals surface area (Å²) in [7, 11) is 0. The van der Waals surface area contributed by atoms with Gasteiger partial charge in [-0.25, -0.2) is 0 Å². The lowest BCUT2D eigenvalue weighted by molar-refractivity contribution is -0.135. The molecule has 1 aliphatic heterocycles. The molecular weight excluding hydrogens is 186 g/mol. The molecule has 0 radical (unpaired) electrons. The van der Waals surface area contributed by atoms with Crippen LogP contribution in [0.15, 0.2) is 0 Å². The molecule has 0 N–H and O–H groups in total. The van der Waals surface area contributed by atoms with E-state index in [0.717, 1.165) is 13.1 Å². The van der Waals surface area contributed by atoms with Gasteiger partial charge in [-0.15, -0.1) is 0 Å². The van der Waals surface area contributed by atoms with Crippen molar-refractivity contribution in [2.75, 3.05) is 18.8 Å². The number of amides is 1. The van der Waals surface area contributed by atoms with E-state index in [2.05, 4.69) is 0 Å². The van der Waals surface area contributed by atoms with Crippen molar-refractivity contribution in [3.63, 3.8) is 0 Å². The molecule has 1 rings (SSSR count). The van der Waals surface area contributed by atoms with E-state index in [1.165, 1.54) is 11.8 Å². The second-order valence-corrected chi connectivity index (χ2v) is 4.17. The lowest BCUT2D eigenvalue weighted by Gasteiger charge is -2.21. The monoisotopic (exact) mass is 201 g/mol. The number of nitrogens with zero attached hydrogens (tertiary/aromatic N) is 1. The van der Waals surface area contributed by atoms with Crippen LogP contribution in [0.2, 0.25) is 0 Å². The minimum atomic E-state index is -0.0580. The molecule has 13 heavy (non-hydrogen) atoms. The van der Waals surface area contributed by atoms with E-state index in [-0.39, 0.29) is 16.9 Å². The summed E-state index contributed by atoms with van der Waals surface area (Å²) in [6.45, 7) is 5.41. The van der Waals surface area contributed by atoms with E-state index in [0.29, 0.717) is 12.2 Å². The number of hydrogen-bond donors (Lipinski definition) is 0. The SMILES string of the molecule is CCN(CC)C(=O)C1CSC(=O)C1. The van der Waals surface area contributed by atoms with Gasteiger partial charge in [-0.3, -0.25) is 9.59 Å². The molecule has 1 unspecified atom stereocenters. The maximum absolute atomic E-state index is 11.7. The van der Waals surface area contributed by atoms with E-state index in [4.69, 9.17) is 0 Å². The maximum Gasteiger partial charge on any atom is 0.226 e. The van der Waals surface area contributed by atoms with Crippen molar-refractivity contribution in [1.82, 2.24) is 4.90 Å². The fourth-order valence-corrected chi connectivity index (χ4v) is 2.43. The Morgan fingerprint density at radius 1 is 1.54 bits per heavy atom. The quantitative estimate of drug-likeness (QED) is 0.687. The van der Waals surface area contributed by atoms with Crippen molar-refractivity contribution in [2.24, 2.45) is 5.92 Å². The lowest BCUT2D eigenvalue weighted by Crippen LogP contribution is -2.35. The molecule has 0 aromatic rings. The Labute approximate surface area is 82.9 Å². The molecule has 1 saturated heterocycles. The standard InChI is InChI=1S/C9H15NO2S/c1-3-10(4-2)9(12)7-5-8(11)13-6-7/h7H,3-6H2,1-2H3. The Balaban J connectivity index is 2.51. The van der Waals surface area contributed by atoms with Gasteiger partial charge in [-0.1, -0.05) is 11.8 Å². The third-order valence-electron chi connectivity index (χ3n) is 2.28. The van der Waals surface area contributed by atoms with E-state index in [1.54, 1.807) is 4.90 Å². The van der Waals surface area contributed by atoms with Crippen molar-refractivity contribution >= 4 is 22.8 Å². The molecular formula is C9H15NO2S. The van der Waals surface area contributed by atoms with Gasteiger partial charge in [0.05, 0.1) is 5.92 Å². The van der Waals surface area contributed by atoms with Crippen LogP contribution in [-0.4, -0.2) is 34.8 Å². The number of rotatable bonds is 3. The summed E-state index contributed by atoms with van der Waals surface area (Å²) in [6.07, 6.45) is 0.431. The van der Waals surface area contributed by atoms with E-state index in [1.807, 2.05) is 13.8 Å². The van der Waals surface area contributed by atoms with E-state index >= 15 is 0 Å². The minimum absolute atomic E-state index is 0.0580. The Bertz CT molecular complexity index is 214. The molecule has 0 aromatic heterocycles. The number of carbonyl (C=O) groups is 2. The first-order valence-electron chi connectivity index (χ1n) is 4.63. The summed E-state index contributed by atoms with van der Waals surface area (Å²) in [5.41, 5.74) is 0. The molecule has 0 aromatic carbocycles. The van der Waals surface area contributed by atoms with Gasteiger partial charge >= 0.3 is 0 Å². The Morgan fingerprint density at radius 3 is 2.54 bits per heavy atom. The lowest BCUT2D eigenvalue weighted by atomic mass is 10.1. The van der Waals surface area contributed by atoms with Crippen LogP contribution in [-0.2, 0) is 9.59 Å². The summed E-state index contributed by atoms with van der Waals surface area (Å²) >= 11 is 1.29. The van der Waals surface area contributed by atoms with Crippen LogP contribution in [0.5, 0.6) is 0 Å². The van der Waals surface area contributed by atoms with Crippen LogP contribution in [0, 0.1) is 5.92 Å². The molecule has 4 heteroatoms. The molecule has 74 valence electrons. The van der Waals surface area contributed by atoms with Crippen molar-refractivity contribution < 1.29 is 9.59 Å². The van der Waals surface area contributed by atoms with Crippen LogP contribution >= 0.6 is 11.8 Å². The zero-order valence-corrected chi connectivity index (χ0v) is 8.89. The molecule has 0 bridgehead atoms. The predicted octanol–water partition coefficient (Wildman–Crippen LogP) is 1.13. The Morgan fingerprint density at radius 2 is 2.15 bits per heavy atom. The number of carbonyl (C=O) groups excluding carboxylic acids is 2. The van der Waals surface area contributed by atoms with Gasteiger partial charge in [0.2, 0.25) is 5.91 Å². The van der Waals surface area contributed by atoms with Crippen molar-refractivity contribution in [1.29, 1.82) is 0 Å². The van der Waals surface area contributed by atoms with Crippen LogP contribution in [0.25, 0.3) is 0 Å². The highest BCUT2D eigenvalue weighted by Crippen LogP contribution is 2.26. The molecule has 1 fully saturated rings. The highest BCUT2D eigenvalue weighted by Gasteiger charge is 2.31. The minimum Gasteiger partial charge on any atom is -0.343 e. The molecule has 0 spiro atoms. The normalized spacial score (nSPS) is 22.0. The average molecular weight is 201 g/mol. The van der Waals surface area contributed by atoms with E-state index in [9.17, 15) is 9.59 Å². The van der Waals surface area contributed by atoms with Gasteiger partial charge in [-0.05, 0) is 13.8 Å². The maximum atomic E-state index is 11.7. The molecule has 1 amide bonds.